The molecule has 0 radical (unpaired) electrons. The summed E-state index contributed by atoms with van der Waals surface area (Å²) in [6, 6.07) is 3.98. The van der Waals surface area contributed by atoms with E-state index in [1.807, 2.05) is 12.1 Å². The van der Waals surface area contributed by atoms with E-state index in [4.69, 9.17) is 10.5 Å². The van der Waals surface area contributed by atoms with Crippen molar-refractivity contribution in [1.82, 2.24) is 0 Å². The molecule has 0 saturated carbocycles. The van der Waals surface area contributed by atoms with Crippen LogP contribution in [0, 0.1) is 11.8 Å². The standard InChI is InChI=1S/C21H27NO2/c1-6-7-14-10-18-16(11-15(14)20(22)23)19-13(3)12(2)8-9-17(19)21(4,5)24-18/h8-13H,6-7H2,1-5H3,(H2,22,23)/t12-,13?/m1/s1. The third-order valence-corrected chi connectivity index (χ3v) is 5.39. The fourth-order valence-electron chi connectivity index (χ4n) is 3.88. The molecule has 128 valence electrons. The minimum atomic E-state index is -0.370. The van der Waals surface area contributed by atoms with Gasteiger partial charge in [-0.15, -0.1) is 0 Å². The van der Waals surface area contributed by atoms with Gasteiger partial charge in [0.25, 0.3) is 0 Å². The fraction of sp³-hybridized carbons (Fsp3) is 0.476. The molecule has 1 unspecified atom stereocenters. The van der Waals surface area contributed by atoms with Crippen LogP contribution in [-0.2, 0) is 6.42 Å². The SMILES string of the molecule is CCCc1cc2c(cc1C(N)=O)C1=C(C=C[C@@H](C)C1C)C(C)(C)O2. The van der Waals surface area contributed by atoms with E-state index in [2.05, 4.69) is 46.8 Å². The molecule has 1 aromatic carbocycles. The summed E-state index contributed by atoms with van der Waals surface area (Å²) in [7, 11) is 0. The van der Waals surface area contributed by atoms with E-state index in [0.29, 0.717) is 17.4 Å². The normalized spacial score (nSPS) is 24.2. The number of allylic oxidation sites excluding steroid dienone is 2. The number of hydrogen-bond donors (Lipinski definition) is 1. The van der Waals surface area contributed by atoms with Gasteiger partial charge < -0.3 is 10.5 Å². The maximum atomic E-state index is 12.0. The van der Waals surface area contributed by atoms with E-state index in [0.717, 1.165) is 29.7 Å². The van der Waals surface area contributed by atoms with Crippen molar-refractivity contribution in [2.45, 2.75) is 53.1 Å². The van der Waals surface area contributed by atoms with Crippen LogP contribution in [0.15, 0.2) is 29.9 Å². The molecule has 3 nitrogen and oxygen atoms in total. The average molecular weight is 325 g/mol. The number of fused-ring (bicyclic) bond motifs is 2. The van der Waals surface area contributed by atoms with Crippen LogP contribution in [0.2, 0.25) is 0 Å². The van der Waals surface area contributed by atoms with Crippen molar-refractivity contribution in [3.8, 4) is 5.75 Å². The van der Waals surface area contributed by atoms with Crippen molar-refractivity contribution in [3.05, 3.63) is 46.5 Å². The van der Waals surface area contributed by atoms with Crippen LogP contribution in [0.4, 0.5) is 0 Å². The molecule has 1 amide bonds. The van der Waals surface area contributed by atoms with Gasteiger partial charge in [-0.1, -0.05) is 39.3 Å². The van der Waals surface area contributed by atoms with Crippen molar-refractivity contribution in [2.75, 3.05) is 0 Å². The van der Waals surface area contributed by atoms with Gasteiger partial charge in [0, 0.05) is 11.1 Å². The minimum absolute atomic E-state index is 0.361. The van der Waals surface area contributed by atoms with Gasteiger partial charge in [-0.05, 0) is 60.9 Å². The third kappa shape index (κ3) is 2.56. The zero-order valence-corrected chi connectivity index (χ0v) is 15.3. The van der Waals surface area contributed by atoms with Crippen LogP contribution in [0.3, 0.4) is 0 Å². The van der Waals surface area contributed by atoms with Gasteiger partial charge in [0.05, 0.1) is 0 Å². The van der Waals surface area contributed by atoms with Gasteiger partial charge in [0.15, 0.2) is 0 Å². The molecule has 0 fully saturated rings. The second-order valence-corrected chi connectivity index (χ2v) is 7.57. The number of ether oxygens (including phenoxy) is 1. The number of nitrogens with two attached hydrogens (primary N) is 1. The lowest BCUT2D eigenvalue weighted by molar-refractivity contribution is 0.0999. The molecule has 3 heteroatoms. The molecule has 0 aromatic heterocycles. The highest BCUT2D eigenvalue weighted by Gasteiger charge is 2.38. The molecule has 1 aromatic rings. The second kappa shape index (κ2) is 5.80. The highest BCUT2D eigenvalue weighted by molar-refractivity contribution is 5.96. The monoisotopic (exact) mass is 325 g/mol. The summed E-state index contributed by atoms with van der Waals surface area (Å²) in [5.41, 5.74) is 10.4. The Bertz CT molecular complexity index is 755. The lowest BCUT2D eigenvalue weighted by Gasteiger charge is -2.41. The van der Waals surface area contributed by atoms with Crippen LogP contribution in [0.5, 0.6) is 5.75 Å². The van der Waals surface area contributed by atoms with Gasteiger partial charge in [-0.2, -0.15) is 0 Å². The van der Waals surface area contributed by atoms with E-state index >= 15 is 0 Å². The first kappa shape index (κ1) is 16.8. The first-order valence-electron chi connectivity index (χ1n) is 8.85. The number of primary amides is 1. The number of amides is 1. The van der Waals surface area contributed by atoms with E-state index in [9.17, 15) is 4.79 Å². The number of rotatable bonds is 3. The van der Waals surface area contributed by atoms with Crippen molar-refractivity contribution in [2.24, 2.45) is 17.6 Å². The maximum absolute atomic E-state index is 12.0. The Balaban J connectivity index is 2.27. The Morgan fingerprint density at radius 3 is 2.62 bits per heavy atom. The van der Waals surface area contributed by atoms with Crippen molar-refractivity contribution >= 4 is 11.5 Å². The van der Waals surface area contributed by atoms with Gasteiger partial charge in [-0.3, -0.25) is 4.79 Å². The Hall–Kier alpha value is -2.03. The smallest absolute Gasteiger partial charge is 0.249 e. The average Bonchev–Trinajstić information content (AvgIpc) is 2.49. The molecule has 0 saturated heterocycles. The molecule has 2 atom stereocenters. The van der Waals surface area contributed by atoms with Gasteiger partial charge >= 0.3 is 0 Å². The molecule has 2 aliphatic rings. The molecule has 2 N–H and O–H groups in total. The Labute approximate surface area is 144 Å². The first-order valence-corrected chi connectivity index (χ1v) is 8.85. The van der Waals surface area contributed by atoms with Crippen LogP contribution in [0.1, 0.15) is 62.5 Å². The molecule has 0 spiro atoms. The number of carbonyl (C=O) groups excluding carboxylic acids is 1. The molecule has 0 bridgehead atoms. The summed E-state index contributed by atoms with van der Waals surface area (Å²) in [4.78, 5) is 12.0. The Morgan fingerprint density at radius 2 is 2.00 bits per heavy atom. The quantitative estimate of drug-likeness (QED) is 0.889. The Kier molecular flexibility index (Phi) is 4.06. The summed E-state index contributed by atoms with van der Waals surface area (Å²) in [6.45, 7) is 10.8. The summed E-state index contributed by atoms with van der Waals surface area (Å²) >= 11 is 0. The fourth-order valence-corrected chi connectivity index (χ4v) is 3.88. The van der Waals surface area contributed by atoms with Crippen LogP contribution >= 0.6 is 0 Å². The molecule has 3 rings (SSSR count). The van der Waals surface area contributed by atoms with E-state index in [1.54, 1.807) is 0 Å². The second-order valence-electron chi connectivity index (χ2n) is 7.57. The minimum Gasteiger partial charge on any atom is -0.483 e. The lowest BCUT2D eigenvalue weighted by Crippen LogP contribution is -2.37. The summed E-state index contributed by atoms with van der Waals surface area (Å²) in [6.07, 6.45) is 6.23. The molecule has 1 aliphatic heterocycles. The van der Waals surface area contributed by atoms with Crippen molar-refractivity contribution in [3.63, 3.8) is 0 Å². The zero-order chi connectivity index (χ0) is 17.6. The van der Waals surface area contributed by atoms with Crippen LogP contribution < -0.4 is 10.5 Å². The zero-order valence-electron chi connectivity index (χ0n) is 15.3. The summed E-state index contributed by atoms with van der Waals surface area (Å²) in [5, 5.41) is 0. The molecule has 1 heterocycles. The van der Waals surface area contributed by atoms with E-state index in [-0.39, 0.29) is 11.5 Å². The molecular formula is C21H27NO2. The third-order valence-electron chi connectivity index (χ3n) is 5.39. The molecule has 1 aliphatic carbocycles. The predicted molar refractivity (Wildman–Crippen MR) is 98.0 cm³/mol. The Morgan fingerprint density at radius 1 is 1.29 bits per heavy atom. The van der Waals surface area contributed by atoms with E-state index in [1.165, 1.54) is 11.1 Å². The number of aryl methyl sites for hydroxylation is 1. The summed E-state index contributed by atoms with van der Waals surface area (Å²) in [5.74, 6) is 1.35. The predicted octanol–water partition coefficient (Wildman–Crippen LogP) is 4.50. The number of hydrogen-bond acceptors (Lipinski definition) is 2. The first-order chi connectivity index (χ1) is 11.3. The topological polar surface area (TPSA) is 52.3 Å². The van der Waals surface area contributed by atoms with Crippen LogP contribution in [0.25, 0.3) is 5.57 Å². The molecular weight excluding hydrogens is 298 g/mol. The largest absolute Gasteiger partial charge is 0.483 e. The van der Waals surface area contributed by atoms with Crippen molar-refractivity contribution in [1.29, 1.82) is 0 Å². The van der Waals surface area contributed by atoms with Gasteiger partial charge in [0.2, 0.25) is 5.91 Å². The van der Waals surface area contributed by atoms with Crippen molar-refractivity contribution < 1.29 is 9.53 Å². The molecule has 24 heavy (non-hydrogen) atoms. The summed E-state index contributed by atoms with van der Waals surface area (Å²) < 4.78 is 6.33. The van der Waals surface area contributed by atoms with Gasteiger partial charge in [0.1, 0.15) is 11.4 Å². The highest BCUT2D eigenvalue weighted by Crippen LogP contribution is 2.49. The maximum Gasteiger partial charge on any atom is 0.249 e. The lowest BCUT2D eigenvalue weighted by atomic mass is 9.72. The van der Waals surface area contributed by atoms with Gasteiger partial charge in [-0.25, -0.2) is 0 Å². The van der Waals surface area contributed by atoms with E-state index < -0.39 is 0 Å². The highest BCUT2D eigenvalue weighted by atomic mass is 16.5. The van der Waals surface area contributed by atoms with Crippen LogP contribution in [-0.4, -0.2) is 11.5 Å². The number of carbonyl (C=O) groups is 1. The number of benzene rings is 1.